The molecule has 19 heavy (non-hydrogen) atoms. The molecule has 0 spiro atoms. The molecule has 5 nitrogen and oxygen atoms in total. The summed E-state index contributed by atoms with van der Waals surface area (Å²) in [6, 6.07) is 7.33. The number of pyridine rings is 1. The van der Waals surface area contributed by atoms with E-state index >= 15 is 0 Å². The number of hydrogen-bond acceptors (Lipinski definition) is 3. The van der Waals surface area contributed by atoms with Gasteiger partial charge < -0.3 is 9.72 Å². The van der Waals surface area contributed by atoms with Gasteiger partial charge in [-0.05, 0) is 23.6 Å². The summed E-state index contributed by atoms with van der Waals surface area (Å²) >= 11 is 0. The van der Waals surface area contributed by atoms with Crippen molar-refractivity contribution in [3.8, 4) is 0 Å². The number of benzene rings is 1. The van der Waals surface area contributed by atoms with Gasteiger partial charge in [0.15, 0.2) is 0 Å². The minimum Gasteiger partial charge on any atom is -0.465 e. The fraction of sp³-hybridized carbons (Fsp3) is 0.286. The number of nitrogens with zero attached hydrogens (tertiary/aromatic N) is 1. The standard InChI is InChI=1S/C14H16N2O3/c1-16(2,3)10-6-5-9-7-11(14(18)19-4)13(17)15-12(9)8-10/h5-8H,1-4H3/p+1. The summed E-state index contributed by atoms with van der Waals surface area (Å²) in [6.07, 6.45) is 0. The minimum atomic E-state index is -0.626. The van der Waals surface area contributed by atoms with Gasteiger partial charge in [-0.1, -0.05) is 0 Å². The second-order valence-electron chi connectivity index (χ2n) is 5.29. The third kappa shape index (κ3) is 2.51. The van der Waals surface area contributed by atoms with E-state index in [2.05, 4.69) is 9.72 Å². The van der Waals surface area contributed by atoms with Crippen LogP contribution < -0.4 is 10.0 Å². The summed E-state index contributed by atoms with van der Waals surface area (Å²) in [6.45, 7) is 0. The van der Waals surface area contributed by atoms with Crippen molar-refractivity contribution in [3.05, 3.63) is 40.2 Å². The van der Waals surface area contributed by atoms with Crippen molar-refractivity contribution in [1.29, 1.82) is 0 Å². The van der Waals surface area contributed by atoms with Gasteiger partial charge in [-0.25, -0.2) is 4.79 Å². The molecule has 0 bridgehead atoms. The highest BCUT2D eigenvalue weighted by Gasteiger charge is 2.15. The van der Waals surface area contributed by atoms with E-state index in [4.69, 9.17) is 0 Å². The van der Waals surface area contributed by atoms with Crippen LogP contribution in [0.4, 0.5) is 5.69 Å². The number of ether oxygens (including phenoxy) is 1. The van der Waals surface area contributed by atoms with Gasteiger partial charge in [0.25, 0.3) is 5.56 Å². The highest BCUT2D eigenvalue weighted by Crippen LogP contribution is 2.22. The summed E-state index contributed by atoms with van der Waals surface area (Å²) in [7, 11) is 7.39. The molecule has 0 radical (unpaired) electrons. The molecule has 0 saturated heterocycles. The van der Waals surface area contributed by atoms with Crippen molar-refractivity contribution in [2.24, 2.45) is 0 Å². The second kappa shape index (κ2) is 4.51. The summed E-state index contributed by atoms with van der Waals surface area (Å²) in [5.41, 5.74) is 1.36. The molecule has 1 heterocycles. The van der Waals surface area contributed by atoms with Crippen molar-refractivity contribution in [3.63, 3.8) is 0 Å². The summed E-state index contributed by atoms with van der Waals surface area (Å²) < 4.78 is 5.23. The number of methoxy groups -OCH3 is 1. The number of hydrogen-bond donors (Lipinski definition) is 1. The number of esters is 1. The lowest BCUT2D eigenvalue weighted by atomic mass is 10.1. The molecule has 1 N–H and O–H groups in total. The van der Waals surface area contributed by atoms with Gasteiger partial charge >= 0.3 is 5.97 Å². The molecule has 100 valence electrons. The molecule has 1 aromatic heterocycles. The van der Waals surface area contributed by atoms with E-state index < -0.39 is 11.5 Å². The third-order valence-electron chi connectivity index (χ3n) is 3.01. The third-order valence-corrected chi connectivity index (χ3v) is 3.01. The van der Waals surface area contributed by atoms with Crippen LogP contribution in [-0.2, 0) is 4.74 Å². The molecule has 0 aliphatic carbocycles. The number of H-pyrrole nitrogens is 1. The highest BCUT2D eigenvalue weighted by atomic mass is 16.5. The Bertz CT molecular complexity index is 696. The molecular formula is C14H17N2O3+. The van der Waals surface area contributed by atoms with Gasteiger partial charge in [0, 0.05) is 6.07 Å². The molecule has 0 amide bonds. The quantitative estimate of drug-likeness (QED) is 0.658. The Balaban J connectivity index is 2.65. The lowest BCUT2D eigenvalue weighted by Gasteiger charge is -2.23. The van der Waals surface area contributed by atoms with Crippen LogP contribution in [0.1, 0.15) is 10.4 Å². The minimum absolute atomic E-state index is 0.0213. The lowest BCUT2D eigenvalue weighted by Crippen LogP contribution is -2.34. The van der Waals surface area contributed by atoms with Gasteiger partial charge in [0.05, 0.1) is 33.8 Å². The van der Waals surface area contributed by atoms with Gasteiger partial charge in [0.1, 0.15) is 11.3 Å². The van der Waals surface area contributed by atoms with Crippen LogP contribution >= 0.6 is 0 Å². The van der Waals surface area contributed by atoms with Crippen molar-refractivity contribution < 1.29 is 9.53 Å². The van der Waals surface area contributed by atoms with E-state index in [-0.39, 0.29) is 5.56 Å². The molecule has 0 unspecified atom stereocenters. The van der Waals surface area contributed by atoms with E-state index in [9.17, 15) is 9.59 Å². The zero-order valence-corrected chi connectivity index (χ0v) is 11.5. The van der Waals surface area contributed by atoms with Crippen LogP contribution in [-0.4, -0.2) is 39.2 Å². The first kappa shape index (κ1) is 13.3. The average Bonchev–Trinajstić information content (AvgIpc) is 2.35. The van der Waals surface area contributed by atoms with E-state index in [0.29, 0.717) is 10.00 Å². The van der Waals surface area contributed by atoms with Crippen molar-refractivity contribution in [1.82, 2.24) is 9.47 Å². The van der Waals surface area contributed by atoms with E-state index in [1.807, 2.05) is 39.3 Å². The van der Waals surface area contributed by atoms with E-state index in [1.165, 1.54) is 7.11 Å². The fourth-order valence-electron chi connectivity index (χ4n) is 1.87. The molecule has 1 aromatic carbocycles. The van der Waals surface area contributed by atoms with Crippen LogP contribution in [0.5, 0.6) is 0 Å². The van der Waals surface area contributed by atoms with Crippen LogP contribution in [0.2, 0.25) is 0 Å². The molecule has 0 atom stereocenters. The fourth-order valence-corrected chi connectivity index (χ4v) is 1.87. The largest absolute Gasteiger partial charge is 0.465 e. The van der Waals surface area contributed by atoms with E-state index in [0.717, 1.165) is 11.1 Å². The number of aromatic nitrogens is 1. The Labute approximate surface area is 111 Å². The summed E-state index contributed by atoms with van der Waals surface area (Å²) in [5, 5.41) is 0.803. The maximum atomic E-state index is 11.8. The van der Waals surface area contributed by atoms with Gasteiger partial charge in [0.2, 0.25) is 0 Å². The van der Waals surface area contributed by atoms with Crippen molar-refractivity contribution in [2.45, 2.75) is 0 Å². The Morgan fingerprint density at radius 1 is 1.21 bits per heavy atom. The number of fused-ring (bicyclic) bond motifs is 1. The molecule has 0 aliphatic rings. The smallest absolute Gasteiger partial charge is 0.343 e. The first-order valence-corrected chi connectivity index (χ1v) is 5.90. The molecule has 0 saturated carbocycles. The van der Waals surface area contributed by atoms with Crippen LogP contribution in [0.15, 0.2) is 29.1 Å². The number of nitrogens with one attached hydrogen (secondary N) is 1. The first-order valence-electron chi connectivity index (χ1n) is 5.90. The SMILES string of the molecule is COC(=O)c1cc2ccc([N+](C)(C)C)cc2[nH]c1=O. The summed E-state index contributed by atoms with van der Waals surface area (Å²) in [4.78, 5) is 26.0. The van der Waals surface area contributed by atoms with Crippen molar-refractivity contribution >= 4 is 22.6 Å². The second-order valence-corrected chi connectivity index (χ2v) is 5.29. The van der Waals surface area contributed by atoms with Crippen LogP contribution in [0.3, 0.4) is 0 Å². The maximum absolute atomic E-state index is 11.8. The molecular weight excluding hydrogens is 244 g/mol. The molecule has 0 aliphatic heterocycles. The molecule has 2 aromatic rings. The number of rotatable bonds is 2. The first-order chi connectivity index (χ1) is 8.82. The summed E-state index contributed by atoms with van der Waals surface area (Å²) in [5.74, 6) is -0.626. The Kier molecular flexibility index (Phi) is 3.16. The van der Waals surface area contributed by atoms with Gasteiger partial charge in [-0.3, -0.25) is 9.28 Å². The van der Waals surface area contributed by atoms with E-state index in [1.54, 1.807) is 6.07 Å². The van der Waals surface area contributed by atoms with Crippen LogP contribution in [0, 0.1) is 0 Å². The number of carbonyl (C=O) groups is 1. The zero-order valence-electron chi connectivity index (χ0n) is 11.5. The maximum Gasteiger partial charge on any atom is 0.343 e. The van der Waals surface area contributed by atoms with Crippen molar-refractivity contribution in [2.75, 3.05) is 28.3 Å². The number of carbonyl (C=O) groups excluding carboxylic acids is 1. The van der Waals surface area contributed by atoms with Gasteiger partial charge in [-0.2, -0.15) is 0 Å². The number of quaternary nitrogens is 1. The molecule has 2 rings (SSSR count). The lowest BCUT2D eigenvalue weighted by molar-refractivity contribution is 0.0599. The predicted molar refractivity (Wildman–Crippen MR) is 75.5 cm³/mol. The monoisotopic (exact) mass is 261 g/mol. The molecule has 5 heteroatoms. The normalized spacial score (nSPS) is 11.6. The zero-order chi connectivity index (χ0) is 14.2. The van der Waals surface area contributed by atoms with Gasteiger partial charge in [-0.15, -0.1) is 0 Å². The molecule has 0 fully saturated rings. The topological polar surface area (TPSA) is 59.2 Å². The van der Waals surface area contributed by atoms with Crippen LogP contribution in [0.25, 0.3) is 10.9 Å². The average molecular weight is 261 g/mol. The Morgan fingerprint density at radius 3 is 2.47 bits per heavy atom. The predicted octanol–water partition coefficient (Wildman–Crippen LogP) is 1.51. The number of aromatic amines is 1. The Hall–Kier alpha value is -2.14. The Morgan fingerprint density at radius 2 is 1.89 bits per heavy atom. The highest BCUT2D eigenvalue weighted by molar-refractivity contribution is 5.94.